The fourth-order valence-corrected chi connectivity index (χ4v) is 1.51. The van der Waals surface area contributed by atoms with Gasteiger partial charge >= 0.3 is 0 Å². The monoisotopic (exact) mass is 219 g/mol. The molecule has 0 spiro atoms. The van der Waals surface area contributed by atoms with Crippen LogP contribution in [0.25, 0.3) is 11.6 Å². The lowest BCUT2D eigenvalue weighted by atomic mass is 10.4. The van der Waals surface area contributed by atoms with Crippen molar-refractivity contribution in [1.82, 2.24) is 25.4 Å². The topological polar surface area (TPSA) is 79.6 Å². The molecule has 2 aromatic heterocycles. The van der Waals surface area contributed by atoms with E-state index in [1.54, 1.807) is 12.4 Å². The molecule has 16 heavy (non-hydrogen) atoms. The van der Waals surface area contributed by atoms with E-state index < -0.39 is 0 Å². The maximum Gasteiger partial charge on any atom is 0.238 e. The van der Waals surface area contributed by atoms with E-state index in [2.05, 4.69) is 25.4 Å². The number of hydrogen-bond acceptors (Lipinski definition) is 5. The van der Waals surface area contributed by atoms with E-state index in [1.807, 2.05) is 0 Å². The molecule has 2 N–H and O–H groups in total. The highest BCUT2D eigenvalue weighted by Crippen LogP contribution is 2.18. The molecule has 84 valence electrons. The van der Waals surface area contributed by atoms with E-state index in [0.29, 0.717) is 23.6 Å². The quantitative estimate of drug-likeness (QED) is 0.775. The summed E-state index contributed by atoms with van der Waals surface area (Å²) < 4.78 is 5.13. The highest BCUT2D eigenvalue weighted by atomic mass is 16.5. The fraction of sp³-hybridized carbons (Fsp3) is 0.500. The summed E-state index contributed by atoms with van der Waals surface area (Å²) >= 11 is 0. The molecule has 1 aliphatic carbocycles. The molecule has 0 amide bonds. The standard InChI is InChI=1S/C10H13N5O/c1-2-7(1)11-4-3-8-14-10(15-16-8)9-12-5-6-13-9/h5-7,11H,1-4H2,(H,12,13). The Labute approximate surface area is 92.5 Å². The summed E-state index contributed by atoms with van der Waals surface area (Å²) in [5.74, 6) is 1.82. The molecule has 2 aromatic rings. The van der Waals surface area contributed by atoms with Crippen LogP contribution in [0.15, 0.2) is 16.9 Å². The van der Waals surface area contributed by atoms with E-state index >= 15 is 0 Å². The van der Waals surface area contributed by atoms with Crippen molar-refractivity contribution in [1.29, 1.82) is 0 Å². The first-order valence-electron chi connectivity index (χ1n) is 5.47. The molecule has 0 radical (unpaired) electrons. The minimum atomic E-state index is 0.520. The molecule has 1 saturated carbocycles. The Morgan fingerprint density at radius 1 is 1.50 bits per heavy atom. The van der Waals surface area contributed by atoms with Crippen LogP contribution in [0.1, 0.15) is 18.7 Å². The molecule has 2 heterocycles. The lowest BCUT2D eigenvalue weighted by molar-refractivity contribution is 0.376. The van der Waals surface area contributed by atoms with Crippen LogP contribution in [0, 0.1) is 0 Å². The van der Waals surface area contributed by atoms with Crippen LogP contribution in [0.3, 0.4) is 0 Å². The molecule has 3 rings (SSSR count). The Bertz CT molecular complexity index is 445. The number of aromatic amines is 1. The van der Waals surface area contributed by atoms with Crippen LogP contribution < -0.4 is 5.32 Å². The van der Waals surface area contributed by atoms with Gasteiger partial charge in [0, 0.05) is 31.4 Å². The predicted octanol–water partition coefficient (Wildman–Crippen LogP) is 0.754. The second kappa shape index (κ2) is 4.05. The Balaban J connectivity index is 1.59. The summed E-state index contributed by atoms with van der Waals surface area (Å²) in [7, 11) is 0. The first-order chi connectivity index (χ1) is 7.92. The lowest BCUT2D eigenvalue weighted by Gasteiger charge is -1.96. The Morgan fingerprint density at radius 2 is 2.44 bits per heavy atom. The molecule has 6 heteroatoms. The van der Waals surface area contributed by atoms with E-state index in [-0.39, 0.29) is 0 Å². The minimum absolute atomic E-state index is 0.520. The van der Waals surface area contributed by atoms with E-state index in [9.17, 15) is 0 Å². The zero-order chi connectivity index (χ0) is 10.8. The Hall–Kier alpha value is -1.69. The van der Waals surface area contributed by atoms with Crippen LogP contribution in [0.2, 0.25) is 0 Å². The highest BCUT2D eigenvalue weighted by molar-refractivity contribution is 5.40. The van der Waals surface area contributed by atoms with Crippen molar-refractivity contribution < 1.29 is 4.52 Å². The zero-order valence-corrected chi connectivity index (χ0v) is 8.81. The molecule has 6 nitrogen and oxygen atoms in total. The third kappa shape index (κ3) is 2.11. The van der Waals surface area contributed by atoms with Gasteiger partial charge in [0.2, 0.25) is 11.7 Å². The van der Waals surface area contributed by atoms with Crippen molar-refractivity contribution in [2.75, 3.05) is 6.54 Å². The predicted molar refractivity (Wildman–Crippen MR) is 56.6 cm³/mol. The molecule has 0 aliphatic heterocycles. The molecule has 0 saturated heterocycles. The third-order valence-electron chi connectivity index (χ3n) is 2.53. The van der Waals surface area contributed by atoms with Crippen LogP contribution in [-0.4, -0.2) is 32.7 Å². The Morgan fingerprint density at radius 3 is 3.19 bits per heavy atom. The van der Waals surface area contributed by atoms with Gasteiger partial charge in [-0.15, -0.1) is 0 Å². The number of rotatable bonds is 5. The smallest absolute Gasteiger partial charge is 0.238 e. The van der Waals surface area contributed by atoms with E-state index in [4.69, 9.17) is 4.52 Å². The average molecular weight is 219 g/mol. The van der Waals surface area contributed by atoms with Crippen molar-refractivity contribution >= 4 is 0 Å². The molecule has 0 atom stereocenters. The molecular weight excluding hydrogens is 206 g/mol. The largest absolute Gasteiger partial charge is 0.342 e. The third-order valence-corrected chi connectivity index (χ3v) is 2.53. The van der Waals surface area contributed by atoms with E-state index in [0.717, 1.165) is 13.0 Å². The van der Waals surface area contributed by atoms with Crippen molar-refractivity contribution in [2.24, 2.45) is 0 Å². The molecular formula is C10H13N5O. The summed E-state index contributed by atoms with van der Waals surface area (Å²) in [6.45, 7) is 0.893. The number of imidazole rings is 1. The van der Waals surface area contributed by atoms with Gasteiger partial charge in [-0.05, 0) is 12.8 Å². The van der Waals surface area contributed by atoms with Crippen molar-refractivity contribution in [3.05, 3.63) is 18.3 Å². The van der Waals surface area contributed by atoms with Gasteiger partial charge in [-0.25, -0.2) is 4.98 Å². The number of nitrogens with zero attached hydrogens (tertiary/aromatic N) is 3. The van der Waals surface area contributed by atoms with Gasteiger partial charge in [-0.2, -0.15) is 4.98 Å². The number of H-pyrrole nitrogens is 1. The minimum Gasteiger partial charge on any atom is -0.342 e. The molecule has 1 aliphatic rings. The van der Waals surface area contributed by atoms with E-state index in [1.165, 1.54) is 12.8 Å². The number of hydrogen-bond donors (Lipinski definition) is 2. The summed E-state index contributed by atoms with van der Waals surface area (Å²) in [5, 5.41) is 7.26. The summed E-state index contributed by atoms with van der Waals surface area (Å²) in [5.41, 5.74) is 0. The van der Waals surface area contributed by atoms with Gasteiger partial charge in [0.05, 0.1) is 0 Å². The normalized spacial score (nSPS) is 15.5. The van der Waals surface area contributed by atoms with Crippen LogP contribution in [-0.2, 0) is 6.42 Å². The zero-order valence-electron chi connectivity index (χ0n) is 8.81. The second-order valence-corrected chi connectivity index (χ2v) is 3.93. The maximum absolute atomic E-state index is 5.13. The number of nitrogens with one attached hydrogen (secondary N) is 2. The first kappa shape index (κ1) is 9.53. The van der Waals surface area contributed by atoms with Crippen molar-refractivity contribution in [3.63, 3.8) is 0 Å². The number of aromatic nitrogens is 4. The van der Waals surface area contributed by atoms with Gasteiger partial charge in [-0.1, -0.05) is 5.16 Å². The molecule has 0 aromatic carbocycles. The first-order valence-corrected chi connectivity index (χ1v) is 5.47. The van der Waals surface area contributed by atoms with Crippen LogP contribution in [0.5, 0.6) is 0 Å². The van der Waals surface area contributed by atoms with Gasteiger partial charge in [-0.3, -0.25) is 0 Å². The lowest BCUT2D eigenvalue weighted by Crippen LogP contribution is -2.19. The molecule has 0 bridgehead atoms. The summed E-state index contributed by atoms with van der Waals surface area (Å²) in [4.78, 5) is 11.3. The summed E-state index contributed by atoms with van der Waals surface area (Å²) in [6.07, 6.45) is 6.76. The fourth-order valence-electron chi connectivity index (χ4n) is 1.51. The van der Waals surface area contributed by atoms with Gasteiger partial charge in [0.15, 0.2) is 5.82 Å². The van der Waals surface area contributed by atoms with Crippen molar-refractivity contribution in [3.8, 4) is 11.6 Å². The maximum atomic E-state index is 5.13. The van der Waals surface area contributed by atoms with Gasteiger partial charge in [0.1, 0.15) is 0 Å². The highest BCUT2D eigenvalue weighted by Gasteiger charge is 2.20. The molecule has 0 unspecified atom stereocenters. The Kier molecular flexibility index (Phi) is 2.41. The SMILES string of the molecule is c1c[nH]c(-c2noc(CCNC3CC3)n2)n1. The molecule has 1 fully saturated rings. The van der Waals surface area contributed by atoms with Crippen LogP contribution >= 0.6 is 0 Å². The van der Waals surface area contributed by atoms with Gasteiger partial charge < -0.3 is 14.8 Å². The van der Waals surface area contributed by atoms with Crippen LogP contribution in [0.4, 0.5) is 0 Å². The average Bonchev–Trinajstić information content (AvgIpc) is 2.83. The second-order valence-electron chi connectivity index (χ2n) is 3.93. The van der Waals surface area contributed by atoms with Gasteiger partial charge in [0.25, 0.3) is 0 Å². The van der Waals surface area contributed by atoms with Crippen molar-refractivity contribution in [2.45, 2.75) is 25.3 Å². The summed E-state index contributed by atoms with van der Waals surface area (Å²) in [6, 6.07) is 0.715.